The van der Waals surface area contributed by atoms with E-state index in [0.29, 0.717) is 17.7 Å². The van der Waals surface area contributed by atoms with Crippen molar-refractivity contribution in [3.05, 3.63) is 71.4 Å². The van der Waals surface area contributed by atoms with Crippen LogP contribution < -0.4 is 0 Å². The fraction of sp³-hybridized carbons (Fsp3) is 0.136. The Hall–Kier alpha value is -3.83. The Kier molecular flexibility index (Phi) is 5.35. The summed E-state index contributed by atoms with van der Waals surface area (Å²) in [5, 5.41) is 19.5. The monoisotopic (exact) mass is 355 g/mol. The van der Waals surface area contributed by atoms with Gasteiger partial charge in [0.15, 0.2) is 0 Å². The Morgan fingerprint density at radius 1 is 1.15 bits per heavy atom. The van der Waals surface area contributed by atoms with E-state index in [1.54, 1.807) is 37.3 Å². The number of para-hydroxylation sites is 1. The number of benzene rings is 2. The summed E-state index contributed by atoms with van der Waals surface area (Å²) in [6, 6.07) is 18.9. The minimum atomic E-state index is -0.304. The zero-order valence-electron chi connectivity index (χ0n) is 14.8. The van der Waals surface area contributed by atoms with E-state index in [1.165, 1.54) is 0 Å². The van der Waals surface area contributed by atoms with E-state index in [0.717, 1.165) is 22.0 Å². The summed E-state index contributed by atoms with van der Waals surface area (Å²) >= 11 is 0. The summed E-state index contributed by atoms with van der Waals surface area (Å²) in [6.45, 7) is 2.22. The lowest BCUT2D eigenvalue weighted by Gasteiger charge is -2.04. The second kappa shape index (κ2) is 8.03. The molecule has 0 atom stereocenters. The maximum atomic E-state index is 11.9. The van der Waals surface area contributed by atoms with E-state index in [9.17, 15) is 10.1 Å². The molecule has 1 heterocycles. The third-order valence-corrected chi connectivity index (χ3v) is 4.17. The molecule has 3 aromatic rings. The first-order chi connectivity index (χ1) is 13.2. The van der Waals surface area contributed by atoms with E-state index in [4.69, 9.17) is 10.00 Å². The number of hydrogen-bond donors (Lipinski definition) is 0. The molecule has 0 saturated heterocycles. The van der Waals surface area contributed by atoms with E-state index < -0.39 is 0 Å². The molecule has 0 aliphatic rings. The third kappa shape index (κ3) is 3.89. The van der Waals surface area contributed by atoms with E-state index in [1.807, 2.05) is 35.0 Å². The quantitative estimate of drug-likeness (QED) is 0.509. The highest BCUT2D eigenvalue weighted by atomic mass is 16.5. The Balaban J connectivity index is 2.04. The first kappa shape index (κ1) is 18.0. The van der Waals surface area contributed by atoms with Gasteiger partial charge in [-0.2, -0.15) is 10.5 Å². The SMILES string of the molecule is CCOC(=O)Cn1cc(C=C(C#N)c2ccc(C#N)cc2)c2ccccc21. The van der Waals surface area contributed by atoms with Crippen LogP contribution in [-0.2, 0) is 16.1 Å². The zero-order valence-corrected chi connectivity index (χ0v) is 14.8. The molecule has 0 N–H and O–H groups in total. The number of fused-ring (bicyclic) bond motifs is 1. The van der Waals surface area contributed by atoms with Crippen LogP contribution in [0.15, 0.2) is 54.7 Å². The van der Waals surface area contributed by atoms with Crippen LogP contribution in [0.2, 0.25) is 0 Å². The predicted octanol–water partition coefficient (Wildman–Crippen LogP) is 4.14. The molecule has 1 aromatic heterocycles. The summed E-state index contributed by atoms with van der Waals surface area (Å²) < 4.78 is 6.87. The molecule has 0 spiro atoms. The fourth-order valence-corrected chi connectivity index (χ4v) is 2.93. The van der Waals surface area contributed by atoms with Gasteiger partial charge in [0, 0.05) is 22.7 Å². The molecule has 5 nitrogen and oxygen atoms in total. The van der Waals surface area contributed by atoms with Gasteiger partial charge < -0.3 is 9.30 Å². The first-order valence-electron chi connectivity index (χ1n) is 8.52. The maximum absolute atomic E-state index is 11.9. The van der Waals surface area contributed by atoms with Crippen molar-refractivity contribution in [1.82, 2.24) is 4.57 Å². The average Bonchev–Trinajstić information content (AvgIpc) is 3.04. The zero-order chi connectivity index (χ0) is 19.2. The van der Waals surface area contributed by atoms with Crippen molar-refractivity contribution in [2.24, 2.45) is 0 Å². The topological polar surface area (TPSA) is 78.8 Å². The Morgan fingerprint density at radius 3 is 2.56 bits per heavy atom. The van der Waals surface area contributed by atoms with Crippen LogP contribution in [0.3, 0.4) is 0 Å². The van der Waals surface area contributed by atoms with Gasteiger partial charge in [-0.1, -0.05) is 30.3 Å². The van der Waals surface area contributed by atoms with Gasteiger partial charge >= 0.3 is 5.97 Å². The van der Waals surface area contributed by atoms with Crippen LogP contribution in [0.1, 0.15) is 23.6 Å². The largest absolute Gasteiger partial charge is 0.465 e. The van der Waals surface area contributed by atoms with E-state index in [2.05, 4.69) is 12.1 Å². The standard InChI is InChI=1S/C22H17N3O2/c1-2-27-22(26)15-25-14-19(20-5-3-4-6-21(20)25)11-18(13-24)17-9-7-16(12-23)8-10-17/h3-11,14H,2,15H2,1H3. The van der Waals surface area contributed by atoms with Crippen molar-refractivity contribution >= 4 is 28.5 Å². The van der Waals surface area contributed by atoms with Gasteiger partial charge in [-0.25, -0.2) is 0 Å². The van der Waals surface area contributed by atoms with Gasteiger partial charge in [0.1, 0.15) is 6.54 Å². The summed E-state index contributed by atoms with van der Waals surface area (Å²) in [5.74, 6) is -0.304. The lowest BCUT2D eigenvalue weighted by atomic mass is 10.0. The molecular formula is C22H17N3O2. The number of nitriles is 2. The number of allylic oxidation sites excluding steroid dienone is 1. The van der Waals surface area contributed by atoms with Crippen LogP contribution in [-0.4, -0.2) is 17.1 Å². The van der Waals surface area contributed by atoms with Crippen LogP contribution in [0.25, 0.3) is 22.6 Å². The van der Waals surface area contributed by atoms with E-state index >= 15 is 0 Å². The number of carbonyl (C=O) groups excluding carboxylic acids is 1. The van der Waals surface area contributed by atoms with Gasteiger partial charge in [0.2, 0.25) is 0 Å². The van der Waals surface area contributed by atoms with Crippen LogP contribution in [0, 0.1) is 22.7 Å². The number of esters is 1. The third-order valence-electron chi connectivity index (χ3n) is 4.17. The molecular weight excluding hydrogens is 338 g/mol. The number of carbonyl (C=O) groups is 1. The molecule has 0 unspecified atom stereocenters. The molecule has 27 heavy (non-hydrogen) atoms. The van der Waals surface area contributed by atoms with Gasteiger partial charge in [0.25, 0.3) is 0 Å². The van der Waals surface area contributed by atoms with Crippen molar-refractivity contribution in [3.8, 4) is 12.1 Å². The van der Waals surface area contributed by atoms with Gasteiger partial charge in [-0.05, 0) is 36.8 Å². The number of nitrogens with zero attached hydrogens (tertiary/aromatic N) is 3. The van der Waals surface area contributed by atoms with Gasteiger partial charge in [-0.15, -0.1) is 0 Å². The highest BCUT2D eigenvalue weighted by Gasteiger charge is 2.11. The number of rotatable bonds is 5. The highest BCUT2D eigenvalue weighted by Crippen LogP contribution is 2.26. The highest BCUT2D eigenvalue weighted by molar-refractivity contribution is 5.98. The second-order valence-corrected chi connectivity index (χ2v) is 5.89. The summed E-state index contributed by atoms with van der Waals surface area (Å²) in [7, 11) is 0. The Bertz CT molecular complexity index is 1090. The van der Waals surface area contributed by atoms with Gasteiger partial charge in [-0.3, -0.25) is 4.79 Å². The Labute approximate surface area is 157 Å². The first-order valence-corrected chi connectivity index (χ1v) is 8.52. The second-order valence-electron chi connectivity index (χ2n) is 5.89. The van der Waals surface area contributed by atoms with Crippen molar-refractivity contribution in [2.45, 2.75) is 13.5 Å². The lowest BCUT2D eigenvalue weighted by Crippen LogP contribution is -2.12. The van der Waals surface area contributed by atoms with E-state index in [-0.39, 0.29) is 12.5 Å². The predicted molar refractivity (Wildman–Crippen MR) is 103 cm³/mol. The lowest BCUT2D eigenvalue weighted by molar-refractivity contribution is -0.143. The average molecular weight is 355 g/mol. The molecule has 5 heteroatoms. The molecule has 132 valence electrons. The molecule has 0 amide bonds. The molecule has 0 saturated carbocycles. The van der Waals surface area contributed by atoms with Crippen LogP contribution in [0.4, 0.5) is 0 Å². The smallest absolute Gasteiger partial charge is 0.325 e. The van der Waals surface area contributed by atoms with Crippen molar-refractivity contribution in [3.63, 3.8) is 0 Å². The van der Waals surface area contributed by atoms with Crippen LogP contribution >= 0.6 is 0 Å². The normalized spacial score (nSPS) is 11.0. The summed E-state index contributed by atoms with van der Waals surface area (Å²) in [5.41, 5.74) is 3.50. The maximum Gasteiger partial charge on any atom is 0.325 e. The van der Waals surface area contributed by atoms with Crippen molar-refractivity contribution in [1.29, 1.82) is 10.5 Å². The summed E-state index contributed by atoms with van der Waals surface area (Å²) in [6.07, 6.45) is 3.65. The fourth-order valence-electron chi connectivity index (χ4n) is 2.93. The van der Waals surface area contributed by atoms with Crippen molar-refractivity contribution < 1.29 is 9.53 Å². The molecule has 0 bridgehead atoms. The molecule has 3 rings (SSSR count). The van der Waals surface area contributed by atoms with Crippen molar-refractivity contribution in [2.75, 3.05) is 6.61 Å². The molecule has 2 aromatic carbocycles. The molecule has 0 aliphatic heterocycles. The molecule has 0 radical (unpaired) electrons. The van der Waals surface area contributed by atoms with Crippen LogP contribution in [0.5, 0.6) is 0 Å². The molecule has 0 fully saturated rings. The number of ether oxygens (including phenoxy) is 1. The summed E-state index contributed by atoms with van der Waals surface area (Å²) in [4.78, 5) is 11.9. The van der Waals surface area contributed by atoms with Gasteiger partial charge in [0.05, 0.1) is 29.9 Å². The number of hydrogen-bond acceptors (Lipinski definition) is 4. The molecule has 0 aliphatic carbocycles. The Morgan fingerprint density at radius 2 is 1.89 bits per heavy atom. The minimum absolute atomic E-state index is 0.112. The number of aromatic nitrogens is 1. The minimum Gasteiger partial charge on any atom is -0.465 e.